The van der Waals surface area contributed by atoms with Crippen molar-refractivity contribution in [1.29, 1.82) is 0 Å². The highest BCUT2D eigenvalue weighted by molar-refractivity contribution is 5.75. The quantitative estimate of drug-likeness (QED) is 0.506. The summed E-state index contributed by atoms with van der Waals surface area (Å²) in [5.41, 5.74) is -0.224. The van der Waals surface area contributed by atoms with E-state index in [1.165, 1.54) is 25.7 Å². The summed E-state index contributed by atoms with van der Waals surface area (Å²) >= 11 is 0. The summed E-state index contributed by atoms with van der Waals surface area (Å²) in [4.78, 5) is 11.6. The Bertz CT molecular complexity index is 233. The lowest BCUT2D eigenvalue weighted by molar-refractivity contribution is -0.148. The molecule has 0 saturated carbocycles. The van der Waals surface area contributed by atoms with Crippen molar-refractivity contribution < 1.29 is 9.53 Å². The molecule has 1 aliphatic rings. The molecule has 0 aliphatic carbocycles. The number of hydrogen-bond acceptors (Lipinski definition) is 2. The standard InChI is InChI=1S/C14H26O2/c1-5-11(2)8-6-7-9-12-10-14(3,4)16-13(12)15/h11-12H,5-10H2,1-4H3. The first-order valence-electron chi connectivity index (χ1n) is 6.67. The van der Waals surface area contributed by atoms with E-state index < -0.39 is 0 Å². The Morgan fingerprint density at radius 2 is 2.12 bits per heavy atom. The minimum Gasteiger partial charge on any atom is -0.459 e. The van der Waals surface area contributed by atoms with Crippen molar-refractivity contribution >= 4 is 5.97 Å². The molecule has 1 aliphatic heterocycles. The molecule has 0 aromatic rings. The molecule has 0 amide bonds. The monoisotopic (exact) mass is 226 g/mol. The predicted octanol–water partition coefficient (Wildman–Crippen LogP) is 3.93. The zero-order chi connectivity index (χ0) is 12.2. The molecule has 16 heavy (non-hydrogen) atoms. The third-order valence-electron chi connectivity index (χ3n) is 3.64. The average Bonchev–Trinajstić information content (AvgIpc) is 2.46. The van der Waals surface area contributed by atoms with Crippen LogP contribution in [0.4, 0.5) is 0 Å². The van der Waals surface area contributed by atoms with Crippen LogP contribution in [0.25, 0.3) is 0 Å². The van der Waals surface area contributed by atoms with Crippen LogP contribution in [-0.4, -0.2) is 11.6 Å². The molecule has 2 heteroatoms. The molecule has 0 spiro atoms. The van der Waals surface area contributed by atoms with Crippen LogP contribution in [-0.2, 0) is 9.53 Å². The molecular formula is C14H26O2. The zero-order valence-corrected chi connectivity index (χ0v) is 11.2. The summed E-state index contributed by atoms with van der Waals surface area (Å²) in [5.74, 6) is 1.01. The molecule has 0 aromatic heterocycles. The van der Waals surface area contributed by atoms with Gasteiger partial charge in [0.25, 0.3) is 0 Å². The first-order chi connectivity index (χ1) is 7.44. The van der Waals surface area contributed by atoms with Gasteiger partial charge in [-0.2, -0.15) is 0 Å². The fourth-order valence-corrected chi connectivity index (χ4v) is 2.38. The minimum atomic E-state index is -0.224. The molecule has 0 aromatic carbocycles. The van der Waals surface area contributed by atoms with Crippen LogP contribution in [0, 0.1) is 11.8 Å². The summed E-state index contributed by atoms with van der Waals surface area (Å²) < 4.78 is 5.32. The maximum absolute atomic E-state index is 11.6. The molecule has 1 heterocycles. The lowest BCUT2D eigenvalue weighted by Crippen LogP contribution is -2.17. The van der Waals surface area contributed by atoms with Gasteiger partial charge in [0.2, 0.25) is 0 Å². The maximum Gasteiger partial charge on any atom is 0.309 e. The molecule has 1 rings (SSSR count). The van der Waals surface area contributed by atoms with E-state index in [0.717, 1.165) is 18.8 Å². The van der Waals surface area contributed by atoms with E-state index in [9.17, 15) is 4.79 Å². The Morgan fingerprint density at radius 1 is 1.44 bits per heavy atom. The second kappa shape index (κ2) is 5.70. The number of unbranched alkanes of at least 4 members (excludes halogenated alkanes) is 1. The molecule has 94 valence electrons. The highest BCUT2D eigenvalue weighted by Gasteiger charge is 2.39. The lowest BCUT2D eigenvalue weighted by atomic mass is 9.92. The number of rotatable bonds is 6. The normalized spacial score (nSPS) is 25.5. The molecule has 1 fully saturated rings. The van der Waals surface area contributed by atoms with Crippen molar-refractivity contribution in [2.24, 2.45) is 11.8 Å². The van der Waals surface area contributed by atoms with E-state index in [1.807, 2.05) is 13.8 Å². The van der Waals surface area contributed by atoms with Gasteiger partial charge in [0, 0.05) is 0 Å². The van der Waals surface area contributed by atoms with Gasteiger partial charge < -0.3 is 4.74 Å². The van der Waals surface area contributed by atoms with Crippen LogP contribution in [0.15, 0.2) is 0 Å². The van der Waals surface area contributed by atoms with Crippen LogP contribution in [0.5, 0.6) is 0 Å². The van der Waals surface area contributed by atoms with Crippen LogP contribution in [0.1, 0.15) is 66.2 Å². The Morgan fingerprint density at radius 3 is 2.62 bits per heavy atom. The average molecular weight is 226 g/mol. The van der Waals surface area contributed by atoms with Gasteiger partial charge in [-0.15, -0.1) is 0 Å². The Hall–Kier alpha value is -0.530. The van der Waals surface area contributed by atoms with Crippen LogP contribution >= 0.6 is 0 Å². The summed E-state index contributed by atoms with van der Waals surface area (Å²) in [6.45, 7) is 8.54. The van der Waals surface area contributed by atoms with E-state index in [1.54, 1.807) is 0 Å². The largest absolute Gasteiger partial charge is 0.459 e. The number of hydrogen-bond donors (Lipinski definition) is 0. The molecule has 0 radical (unpaired) electrons. The molecule has 2 nitrogen and oxygen atoms in total. The van der Waals surface area contributed by atoms with Gasteiger partial charge in [-0.05, 0) is 32.6 Å². The van der Waals surface area contributed by atoms with Gasteiger partial charge in [0.05, 0.1) is 5.92 Å². The summed E-state index contributed by atoms with van der Waals surface area (Å²) in [5, 5.41) is 0. The van der Waals surface area contributed by atoms with Crippen molar-refractivity contribution in [3.63, 3.8) is 0 Å². The third kappa shape index (κ3) is 4.15. The van der Waals surface area contributed by atoms with E-state index in [2.05, 4.69) is 13.8 Å². The number of cyclic esters (lactones) is 1. The minimum absolute atomic E-state index is 0.0218. The Balaban J connectivity index is 2.17. The summed E-state index contributed by atoms with van der Waals surface area (Å²) in [6, 6.07) is 0. The van der Waals surface area contributed by atoms with Crippen molar-refractivity contribution in [3.05, 3.63) is 0 Å². The lowest BCUT2D eigenvalue weighted by Gasteiger charge is -2.14. The van der Waals surface area contributed by atoms with Gasteiger partial charge in [0.1, 0.15) is 5.60 Å². The molecular weight excluding hydrogens is 200 g/mol. The van der Waals surface area contributed by atoms with E-state index >= 15 is 0 Å². The number of esters is 1. The van der Waals surface area contributed by atoms with Crippen LogP contribution in [0.3, 0.4) is 0 Å². The number of carbonyl (C=O) groups excluding carboxylic acids is 1. The number of carbonyl (C=O) groups is 1. The van der Waals surface area contributed by atoms with Gasteiger partial charge in [-0.1, -0.05) is 39.5 Å². The SMILES string of the molecule is CCC(C)CCCCC1CC(C)(C)OC1=O. The fourth-order valence-electron chi connectivity index (χ4n) is 2.38. The van der Waals surface area contributed by atoms with Gasteiger partial charge in [-0.3, -0.25) is 4.79 Å². The van der Waals surface area contributed by atoms with E-state index in [0.29, 0.717) is 0 Å². The number of ether oxygens (including phenoxy) is 1. The smallest absolute Gasteiger partial charge is 0.309 e. The second-order valence-corrected chi connectivity index (χ2v) is 5.88. The molecule has 2 unspecified atom stereocenters. The van der Waals surface area contributed by atoms with Crippen molar-refractivity contribution in [2.75, 3.05) is 0 Å². The van der Waals surface area contributed by atoms with Gasteiger partial charge >= 0.3 is 5.97 Å². The molecule has 1 saturated heterocycles. The first kappa shape index (κ1) is 13.5. The van der Waals surface area contributed by atoms with Gasteiger partial charge in [0.15, 0.2) is 0 Å². The van der Waals surface area contributed by atoms with Crippen molar-refractivity contribution in [2.45, 2.75) is 71.8 Å². The Kier molecular flexibility index (Phi) is 4.82. The zero-order valence-electron chi connectivity index (χ0n) is 11.2. The highest BCUT2D eigenvalue weighted by atomic mass is 16.6. The topological polar surface area (TPSA) is 26.3 Å². The first-order valence-corrected chi connectivity index (χ1v) is 6.67. The van der Waals surface area contributed by atoms with Crippen LogP contribution < -0.4 is 0 Å². The molecule has 2 atom stereocenters. The van der Waals surface area contributed by atoms with E-state index in [-0.39, 0.29) is 17.5 Å². The summed E-state index contributed by atoms with van der Waals surface area (Å²) in [6.07, 6.45) is 6.88. The maximum atomic E-state index is 11.6. The Labute approximate surface area is 99.8 Å². The highest BCUT2D eigenvalue weighted by Crippen LogP contribution is 2.33. The molecule has 0 bridgehead atoms. The second-order valence-electron chi connectivity index (χ2n) is 5.88. The summed E-state index contributed by atoms with van der Waals surface area (Å²) in [7, 11) is 0. The molecule has 0 N–H and O–H groups in total. The predicted molar refractivity (Wildman–Crippen MR) is 66.2 cm³/mol. The van der Waals surface area contributed by atoms with E-state index in [4.69, 9.17) is 4.74 Å². The van der Waals surface area contributed by atoms with Crippen LogP contribution in [0.2, 0.25) is 0 Å². The van der Waals surface area contributed by atoms with Crippen molar-refractivity contribution in [3.8, 4) is 0 Å². The van der Waals surface area contributed by atoms with Gasteiger partial charge in [-0.25, -0.2) is 0 Å². The fraction of sp³-hybridized carbons (Fsp3) is 0.929. The third-order valence-corrected chi connectivity index (χ3v) is 3.64. The van der Waals surface area contributed by atoms with Crippen molar-refractivity contribution in [1.82, 2.24) is 0 Å².